The molecule has 0 bridgehead atoms. The predicted molar refractivity (Wildman–Crippen MR) is 81.0 cm³/mol. The highest BCUT2D eigenvalue weighted by Crippen LogP contribution is 2.35. The van der Waals surface area contributed by atoms with Crippen LogP contribution >= 0.6 is 0 Å². The van der Waals surface area contributed by atoms with E-state index >= 15 is 0 Å². The summed E-state index contributed by atoms with van der Waals surface area (Å²) in [7, 11) is 0. The van der Waals surface area contributed by atoms with Crippen molar-refractivity contribution in [1.82, 2.24) is 9.88 Å². The van der Waals surface area contributed by atoms with Gasteiger partial charge in [-0.25, -0.2) is 4.98 Å². The molecule has 1 amide bonds. The van der Waals surface area contributed by atoms with Gasteiger partial charge in [-0.3, -0.25) is 4.79 Å². The molecule has 0 radical (unpaired) electrons. The Morgan fingerprint density at radius 1 is 1.27 bits per heavy atom. The number of aromatic nitrogens is 1. The summed E-state index contributed by atoms with van der Waals surface area (Å²) in [6.07, 6.45) is 7.15. The fourth-order valence-corrected chi connectivity index (χ4v) is 3.81. The zero-order valence-corrected chi connectivity index (χ0v) is 12.6. The number of carbonyl (C=O) groups is 1. The van der Waals surface area contributed by atoms with Crippen LogP contribution in [0.2, 0.25) is 0 Å². The summed E-state index contributed by atoms with van der Waals surface area (Å²) < 4.78 is 0. The summed E-state index contributed by atoms with van der Waals surface area (Å²) in [5, 5.41) is 19.1. The number of aliphatic hydroxyl groups excluding tert-OH is 1. The first-order valence-electron chi connectivity index (χ1n) is 8.06. The molecule has 1 aromatic heterocycles. The van der Waals surface area contributed by atoms with Gasteiger partial charge in [0.25, 0.3) is 5.91 Å². The second-order valence-electron chi connectivity index (χ2n) is 6.27. The van der Waals surface area contributed by atoms with Crippen LogP contribution in [0, 0.1) is 17.2 Å². The largest absolute Gasteiger partial charge is 0.393 e. The molecule has 22 heavy (non-hydrogen) atoms. The first-order chi connectivity index (χ1) is 10.7. The molecule has 116 valence electrons. The molecule has 2 aliphatic rings. The monoisotopic (exact) mass is 299 g/mol. The fourth-order valence-electron chi connectivity index (χ4n) is 3.81. The lowest BCUT2D eigenvalue weighted by molar-refractivity contribution is 0.0209. The van der Waals surface area contributed by atoms with Gasteiger partial charge in [0.2, 0.25) is 0 Å². The first-order valence-corrected chi connectivity index (χ1v) is 8.06. The van der Waals surface area contributed by atoms with E-state index in [-0.39, 0.29) is 24.0 Å². The Hall–Kier alpha value is -1.93. The van der Waals surface area contributed by atoms with Crippen LogP contribution in [0.25, 0.3) is 0 Å². The third kappa shape index (κ3) is 2.84. The molecule has 5 nitrogen and oxygen atoms in total. The Bertz CT molecular complexity index is 579. The number of aliphatic hydroxyl groups is 1. The number of pyridine rings is 1. The van der Waals surface area contributed by atoms with Crippen LogP contribution < -0.4 is 0 Å². The summed E-state index contributed by atoms with van der Waals surface area (Å²) in [5.41, 5.74) is 0.841. The number of rotatable bonds is 2. The number of carbonyl (C=O) groups excluding carboxylic acids is 1. The van der Waals surface area contributed by atoms with Gasteiger partial charge in [0, 0.05) is 24.7 Å². The summed E-state index contributed by atoms with van der Waals surface area (Å²) in [5.74, 6) is 0.114. The van der Waals surface area contributed by atoms with Gasteiger partial charge in [-0.05, 0) is 37.8 Å². The van der Waals surface area contributed by atoms with Gasteiger partial charge in [-0.2, -0.15) is 5.26 Å². The molecule has 2 heterocycles. The minimum atomic E-state index is -0.291. The van der Waals surface area contributed by atoms with E-state index in [0.717, 1.165) is 45.1 Å². The molecule has 1 N–H and O–H groups in total. The van der Waals surface area contributed by atoms with Crippen LogP contribution in [0.15, 0.2) is 18.3 Å². The van der Waals surface area contributed by atoms with Crippen molar-refractivity contribution < 1.29 is 9.90 Å². The quantitative estimate of drug-likeness (QED) is 0.907. The molecule has 1 saturated heterocycles. The van der Waals surface area contributed by atoms with E-state index in [1.54, 1.807) is 12.1 Å². The zero-order valence-electron chi connectivity index (χ0n) is 12.6. The van der Waals surface area contributed by atoms with Gasteiger partial charge in [-0.15, -0.1) is 0 Å². The van der Waals surface area contributed by atoms with Crippen LogP contribution in [-0.2, 0) is 0 Å². The number of nitriles is 1. The lowest BCUT2D eigenvalue weighted by Crippen LogP contribution is -2.45. The smallest absolute Gasteiger partial charge is 0.272 e. The Morgan fingerprint density at radius 2 is 2.09 bits per heavy atom. The van der Waals surface area contributed by atoms with E-state index in [1.165, 1.54) is 6.20 Å². The van der Waals surface area contributed by atoms with E-state index in [1.807, 2.05) is 11.0 Å². The molecule has 0 unspecified atom stereocenters. The molecule has 1 aromatic rings. The van der Waals surface area contributed by atoms with Gasteiger partial charge in [0.15, 0.2) is 0 Å². The Morgan fingerprint density at radius 3 is 2.77 bits per heavy atom. The van der Waals surface area contributed by atoms with E-state index in [0.29, 0.717) is 11.3 Å². The molecule has 3 atom stereocenters. The molecule has 1 saturated carbocycles. The second kappa shape index (κ2) is 6.45. The average molecular weight is 299 g/mol. The third-order valence-electron chi connectivity index (χ3n) is 4.95. The topological polar surface area (TPSA) is 77.2 Å². The van der Waals surface area contributed by atoms with Gasteiger partial charge >= 0.3 is 0 Å². The van der Waals surface area contributed by atoms with Gasteiger partial charge < -0.3 is 10.0 Å². The number of likely N-dealkylation sites (tertiary alicyclic amines) is 1. The molecule has 0 spiro atoms. The molecule has 1 aliphatic heterocycles. The van der Waals surface area contributed by atoms with E-state index in [4.69, 9.17) is 5.26 Å². The summed E-state index contributed by atoms with van der Waals surface area (Å²) in [6, 6.07) is 5.38. The van der Waals surface area contributed by atoms with Crippen molar-refractivity contribution in [1.29, 1.82) is 5.26 Å². The summed E-state index contributed by atoms with van der Waals surface area (Å²) in [6.45, 7) is 0.731. The predicted octanol–water partition coefficient (Wildman–Crippen LogP) is 2.11. The van der Waals surface area contributed by atoms with E-state index < -0.39 is 0 Å². The van der Waals surface area contributed by atoms with E-state index in [2.05, 4.69) is 4.98 Å². The third-order valence-corrected chi connectivity index (χ3v) is 4.95. The lowest BCUT2D eigenvalue weighted by Gasteiger charge is -2.37. The summed E-state index contributed by atoms with van der Waals surface area (Å²) in [4.78, 5) is 18.7. The van der Waals surface area contributed by atoms with Crippen molar-refractivity contribution >= 4 is 5.91 Å². The van der Waals surface area contributed by atoms with Crippen LogP contribution in [0.3, 0.4) is 0 Å². The van der Waals surface area contributed by atoms with Crippen molar-refractivity contribution in [3.8, 4) is 6.07 Å². The van der Waals surface area contributed by atoms with Crippen LogP contribution in [-0.4, -0.2) is 39.6 Å². The molecule has 0 aromatic carbocycles. The maximum absolute atomic E-state index is 12.7. The number of hydrogen-bond donors (Lipinski definition) is 1. The first kappa shape index (κ1) is 15.0. The Labute approximate surface area is 130 Å². The average Bonchev–Trinajstić information content (AvgIpc) is 3.04. The van der Waals surface area contributed by atoms with Crippen LogP contribution in [0.5, 0.6) is 0 Å². The van der Waals surface area contributed by atoms with Crippen molar-refractivity contribution in [3.05, 3.63) is 29.6 Å². The fraction of sp³-hybridized carbons (Fsp3) is 0.588. The number of nitrogens with zero attached hydrogens (tertiary/aromatic N) is 3. The zero-order chi connectivity index (χ0) is 15.5. The van der Waals surface area contributed by atoms with Crippen molar-refractivity contribution in [2.75, 3.05) is 6.54 Å². The molecule has 2 fully saturated rings. The number of amides is 1. The molecule has 3 rings (SSSR count). The molecular formula is C17H21N3O2. The lowest BCUT2D eigenvalue weighted by atomic mass is 9.80. The summed E-state index contributed by atoms with van der Waals surface area (Å²) >= 11 is 0. The van der Waals surface area contributed by atoms with Gasteiger partial charge in [0.1, 0.15) is 11.8 Å². The second-order valence-corrected chi connectivity index (χ2v) is 6.27. The molecular weight excluding hydrogens is 278 g/mol. The van der Waals surface area contributed by atoms with Gasteiger partial charge in [-0.1, -0.05) is 12.8 Å². The highest BCUT2D eigenvalue weighted by Gasteiger charge is 2.39. The highest BCUT2D eigenvalue weighted by atomic mass is 16.3. The van der Waals surface area contributed by atoms with E-state index in [9.17, 15) is 9.90 Å². The Kier molecular flexibility index (Phi) is 4.39. The molecule has 1 aliphatic carbocycles. The van der Waals surface area contributed by atoms with Gasteiger partial charge in [0.05, 0.1) is 11.7 Å². The SMILES string of the molecule is N#Cc1ccc(C(=O)N2CCC[C@@H]2[C@H]2CCCC[C@@H]2O)nc1. The number of hydrogen-bond acceptors (Lipinski definition) is 4. The van der Waals surface area contributed by atoms with Crippen LogP contribution in [0.4, 0.5) is 0 Å². The maximum atomic E-state index is 12.7. The van der Waals surface area contributed by atoms with Crippen LogP contribution in [0.1, 0.15) is 54.6 Å². The van der Waals surface area contributed by atoms with Crippen molar-refractivity contribution in [3.63, 3.8) is 0 Å². The normalized spacial score (nSPS) is 28.4. The van der Waals surface area contributed by atoms with Crippen molar-refractivity contribution in [2.45, 2.75) is 50.7 Å². The molecule has 5 heteroatoms. The minimum Gasteiger partial charge on any atom is -0.393 e. The minimum absolute atomic E-state index is 0.0789. The van der Waals surface area contributed by atoms with Crippen molar-refractivity contribution in [2.24, 2.45) is 5.92 Å². The maximum Gasteiger partial charge on any atom is 0.272 e. The highest BCUT2D eigenvalue weighted by molar-refractivity contribution is 5.92. The Balaban J connectivity index is 1.77. The standard InChI is InChI=1S/C17H21N3O2/c18-10-12-7-8-14(19-11-12)17(22)20-9-3-5-15(20)13-4-1-2-6-16(13)21/h7-8,11,13,15-16,21H,1-6,9H2/t13-,15-,16+/m1/s1.